The Morgan fingerprint density at radius 1 is 1.62 bits per heavy atom. The Kier molecular flexibility index (Phi) is 4.33. The number of ether oxygens (including phenoxy) is 1. The zero-order valence-corrected chi connectivity index (χ0v) is 9.34. The lowest BCUT2D eigenvalue weighted by Gasteiger charge is -2.03. The Morgan fingerprint density at radius 2 is 2.38 bits per heavy atom. The molecule has 6 nitrogen and oxygen atoms in total. The molecule has 1 heterocycles. The molecular formula is C10H14N3O3+. The highest BCUT2D eigenvalue weighted by Gasteiger charge is 2.15. The van der Waals surface area contributed by atoms with E-state index < -0.39 is 0 Å². The van der Waals surface area contributed by atoms with Crippen LogP contribution in [-0.2, 0) is 6.54 Å². The van der Waals surface area contributed by atoms with Crippen LogP contribution < -0.4 is 10.2 Å². The molecule has 0 fully saturated rings. The van der Waals surface area contributed by atoms with Crippen molar-refractivity contribution in [3.05, 3.63) is 33.4 Å². The second-order valence-corrected chi connectivity index (χ2v) is 3.26. The fourth-order valence-corrected chi connectivity index (χ4v) is 1.26. The minimum atomic E-state index is -0.252. The van der Waals surface area contributed by atoms with Crippen LogP contribution in [0.2, 0.25) is 0 Å². The topological polar surface area (TPSA) is 70.8 Å². The molecule has 1 aromatic rings. The largest absolute Gasteiger partial charge is 0.490 e. The summed E-state index contributed by atoms with van der Waals surface area (Å²) in [6.07, 6.45) is 2.09. The molecule has 0 amide bonds. The molecule has 6 heteroatoms. The number of hydrogen-bond acceptors (Lipinski definition) is 5. The molecule has 0 N–H and O–H groups in total. The zero-order chi connectivity index (χ0) is 12.0. The van der Waals surface area contributed by atoms with Gasteiger partial charge in [-0.05, 0) is 11.4 Å². The third-order valence-electron chi connectivity index (χ3n) is 2.02. The zero-order valence-electron chi connectivity index (χ0n) is 9.34. The van der Waals surface area contributed by atoms with Crippen LogP contribution in [0.3, 0.4) is 0 Å². The molecule has 0 saturated heterocycles. The summed E-state index contributed by atoms with van der Waals surface area (Å²) >= 11 is 0. The summed E-state index contributed by atoms with van der Waals surface area (Å²) in [6.45, 7) is 2.80. The van der Waals surface area contributed by atoms with Gasteiger partial charge in [-0.3, -0.25) is 4.79 Å². The van der Waals surface area contributed by atoms with E-state index in [1.807, 2.05) is 6.92 Å². The van der Waals surface area contributed by atoms with Gasteiger partial charge >= 0.3 is 5.08 Å². The van der Waals surface area contributed by atoms with Gasteiger partial charge in [0.1, 0.15) is 12.0 Å². The SMILES string of the molecule is CCCN(Cc1cc(=O)c(OC)co1)[N+]#N. The fraction of sp³-hybridized carbons (Fsp3) is 0.500. The number of diazo groups is 1. The summed E-state index contributed by atoms with van der Waals surface area (Å²) in [7, 11) is 1.40. The average Bonchev–Trinajstić information content (AvgIpc) is 2.28. The molecular weight excluding hydrogens is 210 g/mol. The van der Waals surface area contributed by atoms with E-state index in [0.717, 1.165) is 6.42 Å². The lowest BCUT2D eigenvalue weighted by molar-refractivity contribution is 0.306. The van der Waals surface area contributed by atoms with E-state index in [9.17, 15) is 4.79 Å². The van der Waals surface area contributed by atoms with E-state index in [0.29, 0.717) is 12.3 Å². The number of rotatable bonds is 5. The summed E-state index contributed by atoms with van der Waals surface area (Å²) in [5, 5.41) is 13.2. The monoisotopic (exact) mass is 224 g/mol. The minimum absolute atomic E-state index is 0.159. The predicted octanol–water partition coefficient (Wildman–Crippen LogP) is 1.63. The van der Waals surface area contributed by atoms with Crippen LogP contribution >= 0.6 is 0 Å². The Labute approximate surface area is 93.0 Å². The first-order chi connectivity index (χ1) is 7.71. The first kappa shape index (κ1) is 12.0. The molecule has 0 unspecified atom stereocenters. The molecule has 0 atom stereocenters. The Hall–Kier alpha value is -2.03. The summed E-state index contributed by atoms with van der Waals surface area (Å²) < 4.78 is 9.96. The molecule has 1 aromatic heterocycles. The van der Waals surface area contributed by atoms with Crippen LogP contribution in [-0.4, -0.2) is 18.7 Å². The van der Waals surface area contributed by atoms with Crippen molar-refractivity contribution >= 4 is 0 Å². The second-order valence-electron chi connectivity index (χ2n) is 3.26. The van der Waals surface area contributed by atoms with Gasteiger partial charge in [0.25, 0.3) is 5.39 Å². The summed E-state index contributed by atoms with van der Waals surface area (Å²) in [5.74, 6) is 0.587. The third-order valence-corrected chi connectivity index (χ3v) is 2.02. The summed E-state index contributed by atoms with van der Waals surface area (Å²) in [6, 6.07) is 1.33. The molecule has 0 spiro atoms. The van der Waals surface area contributed by atoms with Crippen molar-refractivity contribution in [2.45, 2.75) is 19.9 Å². The van der Waals surface area contributed by atoms with E-state index in [1.165, 1.54) is 24.4 Å². The van der Waals surface area contributed by atoms with Crippen molar-refractivity contribution < 1.29 is 9.15 Å². The highest BCUT2D eigenvalue weighted by atomic mass is 16.5. The molecule has 0 aliphatic rings. The number of methoxy groups -OCH3 is 1. The van der Waals surface area contributed by atoms with Crippen molar-refractivity contribution in [2.24, 2.45) is 0 Å². The average molecular weight is 224 g/mol. The standard InChI is InChI=1S/C10H14N3O3/c1-3-4-13(12-11)6-8-5-9(14)10(15-2)7-16-8/h5,7H,3-4,6H2,1-2H3/q+1. The Bertz CT molecular complexity index is 436. The lowest BCUT2D eigenvalue weighted by Crippen LogP contribution is -2.17. The summed E-state index contributed by atoms with van der Waals surface area (Å²) in [4.78, 5) is 11.4. The molecule has 0 aliphatic heterocycles. The van der Waals surface area contributed by atoms with Crippen molar-refractivity contribution in [1.82, 2.24) is 5.01 Å². The van der Waals surface area contributed by atoms with Crippen LogP contribution in [0.1, 0.15) is 19.1 Å². The van der Waals surface area contributed by atoms with Gasteiger partial charge in [-0.15, -0.1) is 0 Å². The Morgan fingerprint density at radius 3 is 2.88 bits per heavy atom. The number of nitrogens with zero attached hydrogens (tertiary/aromatic N) is 3. The van der Waals surface area contributed by atoms with Gasteiger partial charge < -0.3 is 9.15 Å². The molecule has 0 bridgehead atoms. The third kappa shape index (κ3) is 2.98. The van der Waals surface area contributed by atoms with Gasteiger partial charge in [-0.1, -0.05) is 6.92 Å². The molecule has 0 aromatic carbocycles. The van der Waals surface area contributed by atoms with E-state index in [-0.39, 0.29) is 17.7 Å². The first-order valence-electron chi connectivity index (χ1n) is 4.97. The fourth-order valence-electron chi connectivity index (χ4n) is 1.26. The maximum Gasteiger partial charge on any atom is 0.305 e. The van der Waals surface area contributed by atoms with Crippen LogP contribution in [0.25, 0.3) is 5.08 Å². The highest BCUT2D eigenvalue weighted by Crippen LogP contribution is 2.08. The quantitative estimate of drug-likeness (QED) is 0.561. The van der Waals surface area contributed by atoms with Crippen LogP contribution in [0.5, 0.6) is 5.75 Å². The molecule has 1 rings (SSSR count). The molecule has 0 radical (unpaired) electrons. The van der Waals surface area contributed by atoms with Gasteiger partial charge in [0, 0.05) is 6.07 Å². The van der Waals surface area contributed by atoms with Crippen LogP contribution in [0.15, 0.2) is 21.5 Å². The number of hydrogen-bond donors (Lipinski definition) is 0. The molecule has 86 valence electrons. The summed E-state index contributed by atoms with van der Waals surface area (Å²) in [5.41, 5.74) is -0.252. The molecule has 0 saturated carbocycles. The van der Waals surface area contributed by atoms with Crippen LogP contribution in [0.4, 0.5) is 0 Å². The van der Waals surface area contributed by atoms with Gasteiger partial charge in [0.05, 0.1) is 13.7 Å². The molecule has 16 heavy (non-hydrogen) atoms. The maximum atomic E-state index is 11.4. The van der Waals surface area contributed by atoms with E-state index in [2.05, 4.69) is 5.08 Å². The Balaban J connectivity index is 2.79. The normalized spacial score (nSPS) is 9.56. The van der Waals surface area contributed by atoms with Gasteiger partial charge in [0.2, 0.25) is 11.2 Å². The van der Waals surface area contributed by atoms with Crippen LogP contribution in [0, 0.1) is 5.39 Å². The van der Waals surface area contributed by atoms with Gasteiger partial charge in [-0.25, -0.2) is 0 Å². The highest BCUT2D eigenvalue weighted by molar-refractivity contribution is 5.17. The van der Waals surface area contributed by atoms with Crippen molar-refractivity contribution in [3.63, 3.8) is 0 Å². The predicted molar refractivity (Wildman–Crippen MR) is 57.3 cm³/mol. The van der Waals surface area contributed by atoms with Crippen molar-refractivity contribution in [3.8, 4) is 5.75 Å². The van der Waals surface area contributed by atoms with E-state index in [4.69, 9.17) is 14.5 Å². The molecule has 0 aliphatic carbocycles. The van der Waals surface area contributed by atoms with E-state index in [1.54, 1.807) is 0 Å². The minimum Gasteiger partial charge on any atom is -0.490 e. The van der Waals surface area contributed by atoms with Crippen molar-refractivity contribution in [2.75, 3.05) is 13.7 Å². The first-order valence-corrected chi connectivity index (χ1v) is 4.97. The lowest BCUT2D eigenvalue weighted by atomic mass is 10.3. The van der Waals surface area contributed by atoms with Gasteiger partial charge in [-0.2, -0.15) is 0 Å². The maximum absolute atomic E-state index is 11.4. The second kappa shape index (κ2) is 5.75. The smallest absolute Gasteiger partial charge is 0.305 e. The van der Waals surface area contributed by atoms with E-state index >= 15 is 0 Å². The van der Waals surface area contributed by atoms with Crippen molar-refractivity contribution in [1.29, 1.82) is 5.39 Å². The van der Waals surface area contributed by atoms with Gasteiger partial charge in [0.15, 0.2) is 6.54 Å².